The minimum absolute atomic E-state index is 0.0753. The second kappa shape index (κ2) is 3.44. The SMILES string of the molecule is CO/C=C1\CC(N)C=C1OC. The van der Waals surface area contributed by atoms with E-state index < -0.39 is 0 Å². The van der Waals surface area contributed by atoms with Gasteiger partial charge in [-0.1, -0.05) is 0 Å². The predicted molar refractivity (Wildman–Crippen MR) is 42.8 cm³/mol. The Morgan fingerprint density at radius 1 is 1.64 bits per heavy atom. The molecular weight excluding hydrogens is 142 g/mol. The molecule has 0 aliphatic heterocycles. The Hall–Kier alpha value is -0.960. The molecule has 0 fully saturated rings. The van der Waals surface area contributed by atoms with Crippen molar-refractivity contribution in [2.45, 2.75) is 12.5 Å². The first kappa shape index (κ1) is 8.14. The lowest BCUT2D eigenvalue weighted by Crippen LogP contribution is -2.12. The Kier molecular flexibility index (Phi) is 2.54. The van der Waals surface area contributed by atoms with E-state index in [0.717, 1.165) is 17.8 Å². The largest absolute Gasteiger partial charge is 0.504 e. The lowest BCUT2D eigenvalue weighted by molar-refractivity contribution is 0.290. The highest BCUT2D eigenvalue weighted by Crippen LogP contribution is 2.24. The summed E-state index contributed by atoms with van der Waals surface area (Å²) in [6.45, 7) is 0. The Labute approximate surface area is 66.5 Å². The zero-order valence-corrected chi connectivity index (χ0v) is 6.83. The van der Waals surface area contributed by atoms with Crippen molar-refractivity contribution < 1.29 is 9.47 Å². The monoisotopic (exact) mass is 155 g/mol. The highest BCUT2D eigenvalue weighted by Gasteiger charge is 2.18. The third kappa shape index (κ3) is 1.74. The van der Waals surface area contributed by atoms with Crippen LogP contribution in [0, 0.1) is 0 Å². The molecule has 0 aromatic rings. The number of nitrogens with two attached hydrogens (primary N) is 1. The van der Waals surface area contributed by atoms with E-state index in [1.54, 1.807) is 20.5 Å². The van der Waals surface area contributed by atoms with Crippen LogP contribution in [0.5, 0.6) is 0 Å². The average molecular weight is 155 g/mol. The maximum Gasteiger partial charge on any atom is 0.122 e. The summed E-state index contributed by atoms with van der Waals surface area (Å²) in [5.41, 5.74) is 6.70. The molecule has 0 heterocycles. The number of rotatable bonds is 2. The van der Waals surface area contributed by atoms with Gasteiger partial charge in [-0.2, -0.15) is 0 Å². The van der Waals surface area contributed by atoms with Gasteiger partial charge in [-0.05, 0) is 12.5 Å². The van der Waals surface area contributed by atoms with Crippen LogP contribution in [0.1, 0.15) is 6.42 Å². The molecule has 1 aliphatic rings. The van der Waals surface area contributed by atoms with Crippen molar-refractivity contribution in [2.24, 2.45) is 5.73 Å². The fraction of sp³-hybridized carbons (Fsp3) is 0.500. The summed E-state index contributed by atoms with van der Waals surface area (Å²) < 4.78 is 9.95. The van der Waals surface area contributed by atoms with Crippen LogP contribution in [0.25, 0.3) is 0 Å². The smallest absolute Gasteiger partial charge is 0.122 e. The van der Waals surface area contributed by atoms with E-state index in [0.29, 0.717) is 0 Å². The molecule has 0 saturated carbocycles. The predicted octanol–water partition coefficient (Wildman–Crippen LogP) is 0.778. The second-order valence-corrected chi connectivity index (χ2v) is 2.48. The van der Waals surface area contributed by atoms with E-state index in [1.807, 2.05) is 6.08 Å². The molecule has 2 N–H and O–H groups in total. The fourth-order valence-corrected chi connectivity index (χ4v) is 1.16. The molecule has 0 radical (unpaired) electrons. The van der Waals surface area contributed by atoms with Gasteiger partial charge in [0, 0.05) is 11.6 Å². The van der Waals surface area contributed by atoms with Crippen LogP contribution in [0.2, 0.25) is 0 Å². The first-order chi connectivity index (χ1) is 5.27. The molecule has 0 saturated heterocycles. The highest BCUT2D eigenvalue weighted by atomic mass is 16.5. The summed E-state index contributed by atoms with van der Waals surface area (Å²) in [6.07, 6.45) is 4.37. The van der Waals surface area contributed by atoms with Gasteiger partial charge in [0.2, 0.25) is 0 Å². The van der Waals surface area contributed by atoms with Crippen molar-refractivity contribution in [3.8, 4) is 0 Å². The summed E-state index contributed by atoms with van der Waals surface area (Å²) in [4.78, 5) is 0. The van der Waals surface area contributed by atoms with Crippen molar-refractivity contribution in [3.05, 3.63) is 23.7 Å². The minimum Gasteiger partial charge on any atom is -0.504 e. The summed E-state index contributed by atoms with van der Waals surface area (Å²) in [5, 5.41) is 0. The molecule has 1 unspecified atom stereocenters. The van der Waals surface area contributed by atoms with E-state index in [9.17, 15) is 0 Å². The number of hydrogen-bond donors (Lipinski definition) is 1. The number of hydrogen-bond acceptors (Lipinski definition) is 3. The molecule has 0 aromatic carbocycles. The number of methoxy groups -OCH3 is 2. The van der Waals surface area contributed by atoms with Crippen LogP contribution in [0.3, 0.4) is 0 Å². The zero-order valence-electron chi connectivity index (χ0n) is 6.83. The van der Waals surface area contributed by atoms with Crippen LogP contribution in [0.4, 0.5) is 0 Å². The maximum atomic E-state index is 5.67. The van der Waals surface area contributed by atoms with E-state index >= 15 is 0 Å². The summed E-state index contributed by atoms with van der Waals surface area (Å²) in [6, 6.07) is 0.0753. The quantitative estimate of drug-likeness (QED) is 0.599. The van der Waals surface area contributed by atoms with Crippen molar-refractivity contribution in [3.63, 3.8) is 0 Å². The minimum atomic E-state index is 0.0753. The Bertz CT molecular complexity index is 196. The molecule has 11 heavy (non-hydrogen) atoms. The molecule has 1 rings (SSSR count). The maximum absolute atomic E-state index is 5.67. The average Bonchev–Trinajstić information content (AvgIpc) is 2.32. The van der Waals surface area contributed by atoms with E-state index in [4.69, 9.17) is 15.2 Å². The van der Waals surface area contributed by atoms with Gasteiger partial charge in [-0.15, -0.1) is 0 Å². The van der Waals surface area contributed by atoms with Gasteiger partial charge in [0.25, 0.3) is 0 Å². The number of ether oxygens (including phenoxy) is 2. The van der Waals surface area contributed by atoms with Gasteiger partial charge in [0.05, 0.1) is 20.5 Å². The van der Waals surface area contributed by atoms with Crippen LogP contribution < -0.4 is 5.73 Å². The molecule has 1 aliphatic carbocycles. The lowest BCUT2D eigenvalue weighted by atomic mass is 10.2. The molecule has 0 aromatic heterocycles. The van der Waals surface area contributed by atoms with Crippen LogP contribution in [-0.2, 0) is 9.47 Å². The standard InChI is InChI=1S/C8H13NO2/c1-10-5-6-3-7(9)4-8(6)11-2/h4-5,7H,3,9H2,1-2H3/b6-5+. The first-order valence-corrected chi connectivity index (χ1v) is 3.51. The third-order valence-electron chi connectivity index (χ3n) is 1.62. The Balaban J connectivity index is 2.71. The van der Waals surface area contributed by atoms with Crippen molar-refractivity contribution >= 4 is 0 Å². The van der Waals surface area contributed by atoms with Crippen LogP contribution in [0.15, 0.2) is 23.7 Å². The van der Waals surface area contributed by atoms with E-state index in [1.165, 1.54) is 0 Å². The van der Waals surface area contributed by atoms with Crippen molar-refractivity contribution in [1.29, 1.82) is 0 Å². The van der Waals surface area contributed by atoms with Gasteiger partial charge < -0.3 is 15.2 Å². The highest BCUT2D eigenvalue weighted by molar-refractivity contribution is 5.33. The molecule has 0 bridgehead atoms. The van der Waals surface area contributed by atoms with Crippen LogP contribution in [-0.4, -0.2) is 20.3 Å². The van der Waals surface area contributed by atoms with E-state index in [-0.39, 0.29) is 6.04 Å². The second-order valence-electron chi connectivity index (χ2n) is 2.48. The molecular formula is C8H13NO2. The molecule has 62 valence electrons. The molecule has 0 amide bonds. The summed E-state index contributed by atoms with van der Waals surface area (Å²) in [5.74, 6) is 0.833. The summed E-state index contributed by atoms with van der Waals surface area (Å²) >= 11 is 0. The fourth-order valence-electron chi connectivity index (χ4n) is 1.16. The molecule has 3 heteroatoms. The summed E-state index contributed by atoms with van der Waals surface area (Å²) in [7, 11) is 3.25. The van der Waals surface area contributed by atoms with Gasteiger partial charge in [-0.3, -0.25) is 0 Å². The first-order valence-electron chi connectivity index (χ1n) is 3.51. The Morgan fingerprint density at radius 2 is 2.36 bits per heavy atom. The van der Waals surface area contributed by atoms with Gasteiger partial charge in [0.15, 0.2) is 0 Å². The molecule has 3 nitrogen and oxygen atoms in total. The van der Waals surface area contributed by atoms with Gasteiger partial charge in [0.1, 0.15) is 5.76 Å². The zero-order chi connectivity index (χ0) is 8.27. The molecule has 1 atom stereocenters. The Morgan fingerprint density at radius 3 is 2.91 bits per heavy atom. The molecule has 0 spiro atoms. The van der Waals surface area contributed by atoms with E-state index in [2.05, 4.69) is 0 Å². The number of allylic oxidation sites excluding steroid dienone is 1. The van der Waals surface area contributed by atoms with Gasteiger partial charge in [-0.25, -0.2) is 0 Å². The third-order valence-corrected chi connectivity index (χ3v) is 1.62. The normalized spacial score (nSPS) is 27.0. The van der Waals surface area contributed by atoms with Crippen LogP contribution >= 0.6 is 0 Å². The lowest BCUT2D eigenvalue weighted by Gasteiger charge is -2.02. The topological polar surface area (TPSA) is 44.5 Å². The van der Waals surface area contributed by atoms with Crippen molar-refractivity contribution in [1.82, 2.24) is 0 Å². The van der Waals surface area contributed by atoms with Gasteiger partial charge >= 0.3 is 0 Å². The van der Waals surface area contributed by atoms with Crippen molar-refractivity contribution in [2.75, 3.05) is 14.2 Å².